The molecule has 20 heavy (non-hydrogen) atoms. The molecule has 1 aromatic rings. The van der Waals surface area contributed by atoms with Crippen LogP contribution in [0.3, 0.4) is 0 Å². The molecular weight excluding hydrogens is 254 g/mol. The molecule has 0 aliphatic carbocycles. The predicted octanol–water partition coefficient (Wildman–Crippen LogP) is 3.37. The van der Waals surface area contributed by atoms with Gasteiger partial charge in [0.25, 0.3) is 0 Å². The first-order chi connectivity index (χ1) is 9.36. The number of ether oxygens (including phenoxy) is 1. The minimum absolute atomic E-state index is 0.331. The Balaban J connectivity index is 2.65. The van der Waals surface area contributed by atoms with Gasteiger partial charge in [-0.2, -0.15) is 0 Å². The SMILES string of the molecule is CCOC(=O)N(CCC(O)c1ccccc1)C(C)(C)C. The highest BCUT2D eigenvalue weighted by molar-refractivity contribution is 5.68. The van der Waals surface area contributed by atoms with E-state index in [0.717, 1.165) is 5.56 Å². The summed E-state index contributed by atoms with van der Waals surface area (Å²) in [7, 11) is 0. The van der Waals surface area contributed by atoms with E-state index in [9.17, 15) is 9.90 Å². The smallest absolute Gasteiger partial charge is 0.410 e. The molecule has 0 radical (unpaired) electrons. The van der Waals surface area contributed by atoms with Gasteiger partial charge in [-0.1, -0.05) is 30.3 Å². The average Bonchev–Trinajstić information content (AvgIpc) is 2.38. The van der Waals surface area contributed by atoms with Crippen molar-refractivity contribution in [2.45, 2.75) is 45.8 Å². The molecule has 4 heteroatoms. The van der Waals surface area contributed by atoms with Crippen molar-refractivity contribution >= 4 is 6.09 Å². The quantitative estimate of drug-likeness (QED) is 0.899. The Bertz CT molecular complexity index is 411. The topological polar surface area (TPSA) is 49.8 Å². The van der Waals surface area contributed by atoms with Gasteiger partial charge in [0.1, 0.15) is 0 Å². The van der Waals surface area contributed by atoms with Crippen molar-refractivity contribution in [2.75, 3.05) is 13.2 Å². The van der Waals surface area contributed by atoms with Gasteiger partial charge in [-0.3, -0.25) is 0 Å². The van der Waals surface area contributed by atoms with E-state index in [1.165, 1.54) is 0 Å². The Kier molecular flexibility index (Phi) is 6.02. The molecule has 1 unspecified atom stereocenters. The summed E-state index contributed by atoms with van der Waals surface area (Å²) in [5.74, 6) is 0. The van der Waals surface area contributed by atoms with Gasteiger partial charge in [0.05, 0.1) is 12.7 Å². The summed E-state index contributed by atoms with van der Waals surface area (Å²) in [5, 5.41) is 10.2. The average molecular weight is 279 g/mol. The normalized spacial score (nSPS) is 12.8. The third kappa shape index (κ3) is 4.85. The van der Waals surface area contributed by atoms with Gasteiger partial charge in [-0.25, -0.2) is 4.79 Å². The number of aliphatic hydroxyl groups is 1. The molecule has 1 amide bonds. The van der Waals surface area contributed by atoms with Crippen molar-refractivity contribution in [3.8, 4) is 0 Å². The van der Waals surface area contributed by atoms with Gasteiger partial charge in [-0.15, -0.1) is 0 Å². The molecule has 0 aliphatic heterocycles. The summed E-state index contributed by atoms with van der Waals surface area (Å²) < 4.78 is 5.07. The number of hydrogen-bond donors (Lipinski definition) is 1. The van der Waals surface area contributed by atoms with Crippen molar-refractivity contribution in [1.82, 2.24) is 4.90 Å². The molecule has 0 bridgehead atoms. The third-order valence-corrected chi connectivity index (χ3v) is 3.11. The molecule has 4 nitrogen and oxygen atoms in total. The largest absolute Gasteiger partial charge is 0.450 e. The van der Waals surface area contributed by atoms with Gasteiger partial charge in [0.2, 0.25) is 0 Å². The first-order valence-corrected chi connectivity index (χ1v) is 7.03. The molecule has 0 saturated heterocycles. The van der Waals surface area contributed by atoms with Gasteiger partial charge in [0, 0.05) is 12.1 Å². The van der Waals surface area contributed by atoms with Gasteiger partial charge in [0.15, 0.2) is 0 Å². The molecule has 0 heterocycles. The molecule has 112 valence electrons. The van der Waals surface area contributed by atoms with Crippen LogP contribution in [0.1, 0.15) is 45.8 Å². The number of amides is 1. The fraction of sp³-hybridized carbons (Fsp3) is 0.562. The Morgan fingerprint density at radius 1 is 1.30 bits per heavy atom. The van der Waals surface area contributed by atoms with Crippen LogP contribution in [0.5, 0.6) is 0 Å². The zero-order valence-corrected chi connectivity index (χ0v) is 12.8. The Labute approximate surface area is 121 Å². The summed E-state index contributed by atoms with van der Waals surface area (Å²) in [6.45, 7) is 8.47. The van der Waals surface area contributed by atoms with Gasteiger partial charge < -0.3 is 14.7 Å². The van der Waals surface area contributed by atoms with Gasteiger partial charge in [-0.05, 0) is 39.7 Å². The second-order valence-electron chi connectivity index (χ2n) is 5.74. The molecular formula is C16H25NO3. The second-order valence-corrected chi connectivity index (χ2v) is 5.74. The van der Waals surface area contributed by atoms with E-state index < -0.39 is 6.10 Å². The summed E-state index contributed by atoms with van der Waals surface area (Å²) in [6.07, 6.45) is -0.421. The number of hydrogen-bond acceptors (Lipinski definition) is 3. The van der Waals surface area contributed by atoms with E-state index in [-0.39, 0.29) is 11.6 Å². The maximum atomic E-state index is 12.0. The van der Waals surface area contributed by atoms with E-state index in [0.29, 0.717) is 19.6 Å². The van der Waals surface area contributed by atoms with Crippen LogP contribution in [0.15, 0.2) is 30.3 Å². The second kappa shape index (κ2) is 7.29. The monoisotopic (exact) mass is 279 g/mol. The lowest BCUT2D eigenvalue weighted by molar-refractivity contribution is 0.0597. The van der Waals surface area contributed by atoms with Crippen LogP contribution < -0.4 is 0 Å². The van der Waals surface area contributed by atoms with Crippen molar-refractivity contribution in [3.05, 3.63) is 35.9 Å². The van der Waals surface area contributed by atoms with E-state index in [4.69, 9.17) is 4.74 Å². The molecule has 0 fully saturated rings. The number of aliphatic hydroxyl groups excluding tert-OH is 1. The summed E-state index contributed by atoms with van der Waals surface area (Å²) in [4.78, 5) is 13.6. The maximum absolute atomic E-state index is 12.0. The first-order valence-electron chi connectivity index (χ1n) is 7.03. The molecule has 1 N–H and O–H groups in total. The minimum Gasteiger partial charge on any atom is -0.450 e. The van der Waals surface area contributed by atoms with Crippen LogP contribution >= 0.6 is 0 Å². The Hall–Kier alpha value is -1.55. The van der Waals surface area contributed by atoms with E-state index in [1.807, 2.05) is 51.1 Å². The van der Waals surface area contributed by atoms with Gasteiger partial charge >= 0.3 is 6.09 Å². The maximum Gasteiger partial charge on any atom is 0.410 e. The van der Waals surface area contributed by atoms with Crippen LogP contribution in [0.25, 0.3) is 0 Å². The van der Waals surface area contributed by atoms with Crippen molar-refractivity contribution in [1.29, 1.82) is 0 Å². The highest BCUT2D eigenvalue weighted by atomic mass is 16.6. The first kappa shape index (κ1) is 16.5. The lowest BCUT2D eigenvalue weighted by Crippen LogP contribution is -2.46. The predicted molar refractivity (Wildman–Crippen MR) is 79.5 cm³/mol. The summed E-state index contributed by atoms with van der Waals surface area (Å²) in [5.41, 5.74) is 0.535. The Morgan fingerprint density at radius 2 is 1.90 bits per heavy atom. The molecule has 1 atom stereocenters. The van der Waals surface area contributed by atoms with Crippen molar-refractivity contribution in [2.24, 2.45) is 0 Å². The molecule has 0 aromatic heterocycles. The molecule has 0 saturated carbocycles. The molecule has 0 spiro atoms. The molecule has 1 aromatic carbocycles. The number of carbonyl (C=O) groups excluding carboxylic acids is 1. The van der Waals surface area contributed by atoms with Crippen LogP contribution in [0.4, 0.5) is 4.79 Å². The zero-order valence-electron chi connectivity index (χ0n) is 12.8. The highest BCUT2D eigenvalue weighted by Crippen LogP contribution is 2.21. The highest BCUT2D eigenvalue weighted by Gasteiger charge is 2.27. The summed E-state index contributed by atoms with van der Waals surface area (Å²) >= 11 is 0. The zero-order chi connectivity index (χ0) is 15.2. The summed E-state index contributed by atoms with van der Waals surface area (Å²) in [6, 6.07) is 9.47. The van der Waals surface area contributed by atoms with Crippen molar-refractivity contribution in [3.63, 3.8) is 0 Å². The Morgan fingerprint density at radius 3 is 2.40 bits per heavy atom. The van der Waals surface area contributed by atoms with E-state index >= 15 is 0 Å². The van der Waals surface area contributed by atoms with E-state index in [1.54, 1.807) is 11.8 Å². The number of benzene rings is 1. The van der Waals surface area contributed by atoms with Crippen LogP contribution in [0.2, 0.25) is 0 Å². The van der Waals surface area contributed by atoms with Crippen LogP contribution in [0, 0.1) is 0 Å². The van der Waals surface area contributed by atoms with Crippen LogP contribution in [-0.2, 0) is 4.74 Å². The molecule has 1 rings (SSSR count). The minimum atomic E-state index is -0.574. The van der Waals surface area contributed by atoms with Crippen LogP contribution in [-0.4, -0.2) is 34.8 Å². The number of carbonyl (C=O) groups is 1. The van der Waals surface area contributed by atoms with E-state index in [2.05, 4.69) is 0 Å². The molecule has 0 aliphatic rings. The lowest BCUT2D eigenvalue weighted by Gasteiger charge is -2.35. The lowest BCUT2D eigenvalue weighted by atomic mass is 10.0. The fourth-order valence-electron chi connectivity index (χ4n) is 2.00. The number of nitrogens with zero attached hydrogens (tertiary/aromatic N) is 1. The number of rotatable bonds is 5. The third-order valence-electron chi connectivity index (χ3n) is 3.11. The fourth-order valence-corrected chi connectivity index (χ4v) is 2.00. The standard InChI is InChI=1S/C16H25NO3/c1-5-20-15(19)17(16(2,3)4)12-11-14(18)13-9-7-6-8-10-13/h6-10,14,18H,5,11-12H2,1-4H3. The van der Waals surface area contributed by atoms with Crippen molar-refractivity contribution < 1.29 is 14.6 Å².